The zero-order chi connectivity index (χ0) is 20.2. The Morgan fingerprint density at radius 1 is 1.07 bits per heavy atom. The molecule has 2 aromatic carbocycles. The molecule has 0 aliphatic carbocycles. The number of halogens is 1. The van der Waals surface area contributed by atoms with Crippen LogP contribution in [0.4, 0.5) is 10.1 Å². The van der Waals surface area contributed by atoms with E-state index in [2.05, 4.69) is 5.32 Å². The SMILES string of the molecule is Cc1ccc(S(=O)(=O)N(CC(=O)N[C@H](C)C(C)C)c2ccccc2F)cc1. The van der Waals surface area contributed by atoms with Crippen LogP contribution in [0.5, 0.6) is 0 Å². The van der Waals surface area contributed by atoms with Gasteiger partial charge in [-0.1, -0.05) is 43.7 Å². The first-order chi connectivity index (χ1) is 12.6. The van der Waals surface area contributed by atoms with E-state index in [1.807, 2.05) is 27.7 Å². The lowest BCUT2D eigenvalue weighted by atomic mass is 10.1. The van der Waals surface area contributed by atoms with Gasteiger partial charge in [-0.25, -0.2) is 12.8 Å². The zero-order valence-electron chi connectivity index (χ0n) is 15.9. The maximum Gasteiger partial charge on any atom is 0.264 e. The van der Waals surface area contributed by atoms with Crippen LogP contribution in [0.3, 0.4) is 0 Å². The van der Waals surface area contributed by atoms with Crippen molar-refractivity contribution >= 4 is 21.6 Å². The second kappa shape index (κ2) is 8.52. The first-order valence-electron chi connectivity index (χ1n) is 8.76. The number of aryl methyl sites for hydroxylation is 1. The smallest absolute Gasteiger partial charge is 0.264 e. The van der Waals surface area contributed by atoms with Gasteiger partial charge in [-0.3, -0.25) is 9.10 Å². The number of carbonyl (C=O) groups is 1. The molecule has 0 aromatic heterocycles. The summed E-state index contributed by atoms with van der Waals surface area (Å²) in [5.41, 5.74) is 0.736. The lowest BCUT2D eigenvalue weighted by Gasteiger charge is -2.26. The maximum absolute atomic E-state index is 14.4. The Morgan fingerprint density at radius 3 is 2.22 bits per heavy atom. The van der Waals surface area contributed by atoms with E-state index >= 15 is 0 Å². The number of hydrogen-bond donors (Lipinski definition) is 1. The Labute approximate surface area is 160 Å². The maximum atomic E-state index is 14.4. The Balaban J connectivity index is 2.43. The number of para-hydroxylation sites is 1. The Kier molecular flexibility index (Phi) is 6.59. The Hall–Kier alpha value is -2.41. The predicted molar refractivity (Wildman–Crippen MR) is 105 cm³/mol. The third kappa shape index (κ3) is 5.07. The molecule has 0 unspecified atom stereocenters. The molecule has 5 nitrogen and oxygen atoms in total. The van der Waals surface area contributed by atoms with Crippen LogP contribution in [0.2, 0.25) is 0 Å². The Bertz CT molecular complexity index is 896. The highest BCUT2D eigenvalue weighted by atomic mass is 32.2. The molecular weight excluding hydrogens is 367 g/mol. The lowest BCUT2D eigenvalue weighted by molar-refractivity contribution is -0.120. The number of nitrogens with one attached hydrogen (secondary N) is 1. The van der Waals surface area contributed by atoms with Gasteiger partial charge in [0.25, 0.3) is 10.0 Å². The molecule has 7 heteroatoms. The van der Waals surface area contributed by atoms with Crippen LogP contribution in [0.25, 0.3) is 0 Å². The van der Waals surface area contributed by atoms with Crippen molar-refractivity contribution in [3.63, 3.8) is 0 Å². The molecule has 2 rings (SSSR count). The van der Waals surface area contributed by atoms with Gasteiger partial charge >= 0.3 is 0 Å². The third-order valence-corrected chi connectivity index (χ3v) is 6.18. The van der Waals surface area contributed by atoms with Gasteiger partial charge in [0.1, 0.15) is 12.4 Å². The molecular formula is C20H25FN2O3S. The minimum absolute atomic E-state index is 0.000983. The molecule has 2 aromatic rings. The minimum atomic E-state index is -4.11. The minimum Gasteiger partial charge on any atom is -0.352 e. The standard InChI is InChI=1S/C20H25FN2O3S/c1-14(2)16(4)22-20(24)13-23(19-8-6-5-7-18(19)21)27(25,26)17-11-9-15(3)10-12-17/h5-12,14,16H,13H2,1-4H3,(H,22,24)/t16-/m1/s1. The summed E-state index contributed by atoms with van der Waals surface area (Å²) in [6, 6.07) is 11.6. The predicted octanol–water partition coefficient (Wildman–Crippen LogP) is 3.49. The van der Waals surface area contributed by atoms with Crippen molar-refractivity contribution in [2.75, 3.05) is 10.8 Å². The van der Waals surface area contributed by atoms with Gasteiger partial charge < -0.3 is 5.32 Å². The van der Waals surface area contributed by atoms with Crippen molar-refractivity contribution in [2.24, 2.45) is 5.92 Å². The third-order valence-electron chi connectivity index (χ3n) is 4.41. The molecule has 27 heavy (non-hydrogen) atoms. The topological polar surface area (TPSA) is 66.5 Å². The highest BCUT2D eigenvalue weighted by Gasteiger charge is 2.29. The van der Waals surface area contributed by atoms with Crippen molar-refractivity contribution in [3.8, 4) is 0 Å². The van der Waals surface area contributed by atoms with Crippen LogP contribution in [-0.4, -0.2) is 26.9 Å². The molecule has 0 aliphatic rings. The fraction of sp³-hybridized carbons (Fsp3) is 0.350. The second-order valence-corrected chi connectivity index (χ2v) is 8.74. The molecule has 0 bridgehead atoms. The summed E-state index contributed by atoms with van der Waals surface area (Å²) >= 11 is 0. The molecule has 1 atom stereocenters. The van der Waals surface area contributed by atoms with Crippen molar-refractivity contribution in [2.45, 2.75) is 38.6 Å². The summed E-state index contributed by atoms with van der Waals surface area (Å²) in [5.74, 6) is -1.02. The van der Waals surface area contributed by atoms with E-state index < -0.39 is 28.3 Å². The second-order valence-electron chi connectivity index (χ2n) is 6.88. The highest BCUT2D eigenvalue weighted by molar-refractivity contribution is 7.92. The normalized spacial score (nSPS) is 12.7. The van der Waals surface area contributed by atoms with Crippen molar-refractivity contribution in [3.05, 3.63) is 59.9 Å². The summed E-state index contributed by atoms with van der Waals surface area (Å²) in [5, 5.41) is 2.76. The van der Waals surface area contributed by atoms with E-state index in [-0.39, 0.29) is 22.5 Å². The van der Waals surface area contributed by atoms with Crippen molar-refractivity contribution < 1.29 is 17.6 Å². The quantitative estimate of drug-likeness (QED) is 0.784. The molecule has 0 spiro atoms. The van der Waals surface area contributed by atoms with Crippen LogP contribution >= 0.6 is 0 Å². The molecule has 0 radical (unpaired) electrons. The summed E-state index contributed by atoms with van der Waals surface area (Å²) in [6.45, 7) is 7.07. The van der Waals surface area contributed by atoms with Gasteiger partial charge in [-0.2, -0.15) is 0 Å². The molecule has 0 saturated carbocycles. The zero-order valence-corrected chi connectivity index (χ0v) is 16.8. The van der Waals surface area contributed by atoms with Gasteiger partial charge in [-0.05, 0) is 44.0 Å². The molecule has 0 fully saturated rings. The summed E-state index contributed by atoms with van der Waals surface area (Å²) in [6.07, 6.45) is 0. The first-order valence-corrected chi connectivity index (χ1v) is 10.2. The van der Waals surface area contributed by atoms with Crippen molar-refractivity contribution in [1.29, 1.82) is 0 Å². The number of rotatable bonds is 7. The van der Waals surface area contributed by atoms with Crippen LogP contribution in [0, 0.1) is 18.7 Å². The van der Waals surface area contributed by atoms with E-state index in [0.717, 1.165) is 9.87 Å². The fourth-order valence-electron chi connectivity index (χ4n) is 2.39. The fourth-order valence-corrected chi connectivity index (χ4v) is 3.82. The Morgan fingerprint density at radius 2 is 1.67 bits per heavy atom. The molecule has 0 heterocycles. The molecule has 146 valence electrons. The molecule has 0 aliphatic heterocycles. The largest absolute Gasteiger partial charge is 0.352 e. The number of carbonyl (C=O) groups excluding carboxylic acids is 1. The molecule has 1 amide bonds. The average Bonchev–Trinajstić information content (AvgIpc) is 2.60. The van der Waals surface area contributed by atoms with Gasteiger partial charge in [0, 0.05) is 6.04 Å². The van der Waals surface area contributed by atoms with Gasteiger partial charge in [0.05, 0.1) is 10.6 Å². The van der Waals surface area contributed by atoms with Crippen LogP contribution in [-0.2, 0) is 14.8 Å². The van der Waals surface area contributed by atoms with Gasteiger partial charge in [-0.15, -0.1) is 0 Å². The van der Waals surface area contributed by atoms with E-state index in [1.54, 1.807) is 12.1 Å². The summed E-state index contributed by atoms with van der Waals surface area (Å²) in [7, 11) is -4.11. The van der Waals surface area contributed by atoms with E-state index in [1.165, 1.54) is 36.4 Å². The van der Waals surface area contributed by atoms with E-state index in [9.17, 15) is 17.6 Å². The number of amides is 1. The monoisotopic (exact) mass is 392 g/mol. The summed E-state index contributed by atoms with van der Waals surface area (Å²) < 4.78 is 41.4. The summed E-state index contributed by atoms with van der Waals surface area (Å²) in [4.78, 5) is 12.4. The van der Waals surface area contributed by atoms with E-state index in [4.69, 9.17) is 0 Å². The number of sulfonamides is 1. The highest BCUT2D eigenvalue weighted by Crippen LogP contribution is 2.26. The average molecular weight is 392 g/mol. The molecule has 0 saturated heterocycles. The number of nitrogens with zero attached hydrogens (tertiary/aromatic N) is 1. The lowest BCUT2D eigenvalue weighted by Crippen LogP contribution is -2.45. The van der Waals surface area contributed by atoms with Gasteiger partial charge in [0.15, 0.2) is 0 Å². The molecule has 1 N–H and O–H groups in total. The number of anilines is 1. The van der Waals surface area contributed by atoms with Crippen molar-refractivity contribution in [1.82, 2.24) is 5.32 Å². The van der Waals surface area contributed by atoms with Crippen LogP contribution in [0.15, 0.2) is 53.4 Å². The van der Waals surface area contributed by atoms with Crippen LogP contribution < -0.4 is 9.62 Å². The number of benzene rings is 2. The van der Waals surface area contributed by atoms with Crippen LogP contribution in [0.1, 0.15) is 26.3 Å². The van der Waals surface area contributed by atoms with E-state index in [0.29, 0.717) is 0 Å². The van der Waals surface area contributed by atoms with Gasteiger partial charge in [0.2, 0.25) is 5.91 Å². The number of hydrogen-bond acceptors (Lipinski definition) is 3. The first kappa shape index (κ1) is 20.9.